The highest BCUT2D eigenvalue weighted by atomic mass is 16.6. The average Bonchev–Trinajstić information content (AvgIpc) is 2.72. The lowest BCUT2D eigenvalue weighted by Gasteiger charge is -2.09. The van der Waals surface area contributed by atoms with Gasteiger partial charge in [-0.2, -0.15) is 0 Å². The third-order valence-electron chi connectivity index (χ3n) is 3.69. The van der Waals surface area contributed by atoms with E-state index in [0.29, 0.717) is 24.5 Å². The minimum Gasteiger partial charge on any atom is -0.490 e. The van der Waals surface area contributed by atoms with Gasteiger partial charge in [0.1, 0.15) is 30.5 Å². The Morgan fingerprint density at radius 3 is 2.11 bits per heavy atom. The van der Waals surface area contributed by atoms with Crippen LogP contribution in [0.25, 0.3) is 0 Å². The fraction of sp³-hybridized carbons (Fsp3) is 0.0952. The summed E-state index contributed by atoms with van der Waals surface area (Å²) >= 11 is 0. The van der Waals surface area contributed by atoms with Crippen LogP contribution in [-0.4, -0.2) is 24.1 Å². The fourth-order valence-corrected chi connectivity index (χ4v) is 2.35. The van der Waals surface area contributed by atoms with Gasteiger partial charge in [0.2, 0.25) is 0 Å². The molecule has 0 saturated heterocycles. The summed E-state index contributed by atoms with van der Waals surface area (Å²) < 4.78 is 16.4. The van der Waals surface area contributed by atoms with E-state index in [1.807, 2.05) is 30.3 Å². The molecule has 7 nitrogen and oxygen atoms in total. The van der Waals surface area contributed by atoms with Crippen molar-refractivity contribution in [2.75, 3.05) is 13.2 Å². The summed E-state index contributed by atoms with van der Waals surface area (Å²) in [4.78, 5) is 22.4. The number of benzene rings is 3. The number of nitro benzene ring substituents is 1. The highest BCUT2D eigenvalue weighted by Gasteiger charge is 2.11. The van der Waals surface area contributed by atoms with E-state index in [4.69, 9.17) is 14.2 Å². The molecule has 142 valence electrons. The van der Waals surface area contributed by atoms with Crippen molar-refractivity contribution in [3.63, 3.8) is 0 Å². The van der Waals surface area contributed by atoms with Gasteiger partial charge >= 0.3 is 5.97 Å². The Bertz CT molecular complexity index is 941. The van der Waals surface area contributed by atoms with Gasteiger partial charge in [-0.1, -0.05) is 24.3 Å². The first-order chi connectivity index (χ1) is 13.6. The molecule has 0 unspecified atom stereocenters. The van der Waals surface area contributed by atoms with Crippen molar-refractivity contribution in [3.8, 4) is 17.2 Å². The summed E-state index contributed by atoms with van der Waals surface area (Å²) in [5, 5.41) is 10.7. The van der Waals surface area contributed by atoms with E-state index in [1.54, 1.807) is 24.3 Å². The van der Waals surface area contributed by atoms with Gasteiger partial charge in [0.15, 0.2) is 0 Å². The van der Waals surface area contributed by atoms with Gasteiger partial charge in [-0.3, -0.25) is 10.1 Å². The van der Waals surface area contributed by atoms with Crippen LogP contribution in [0.2, 0.25) is 0 Å². The lowest BCUT2D eigenvalue weighted by atomic mass is 10.2. The second-order valence-corrected chi connectivity index (χ2v) is 5.68. The normalized spacial score (nSPS) is 10.1. The maximum Gasteiger partial charge on any atom is 0.343 e. The number of nitro groups is 1. The number of hydrogen-bond acceptors (Lipinski definition) is 6. The largest absolute Gasteiger partial charge is 0.490 e. The van der Waals surface area contributed by atoms with E-state index in [0.717, 1.165) is 5.75 Å². The van der Waals surface area contributed by atoms with Crippen LogP contribution in [0.5, 0.6) is 17.2 Å². The SMILES string of the molecule is O=C(Oc1ccc([N+](=O)[O-])cc1)c1cccc(OCCOc2ccccc2)c1. The molecule has 0 fully saturated rings. The molecule has 0 aliphatic heterocycles. The Kier molecular flexibility index (Phi) is 6.20. The van der Waals surface area contributed by atoms with Crippen molar-refractivity contribution in [3.05, 3.63) is 94.5 Å². The predicted octanol–water partition coefficient (Wildman–Crippen LogP) is 4.27. The molecule has 0 aliphatic rings. The summed E-state index contributed by atoms with van der Waals surface area (Å²) in [6, 6.07) is 21.3. The standard InChI is InChI=1S/C21H17NO6/c23-21(28-19-11-9-17(10-12-19)22(24)25)16-5-4-8-20(15-16)27-14-13-26-18-6-2-1-3-7-18/h1-12,15H,13-14H2. The number of esters is 1. The number of rotatable bonds is 8. The minimum atomic E-state index is -0.583. The molecule has 7 heteroatoms. The van der Waals surface area contributed by atoms with Crippen LogP contribution in [0, 0.1) is 10.1 Å². The van der Waals surface area contributed by atoms with Crippen LogP contribution in [0.1, 0.15) is 10.4 Å². The number of nitrogens with zero attached hydrogens (tertiary/aromatic N) is 1. The van der Waals surface area contributed by atoms with Gasteiger partial charge in [0.25, 0.3) is 5.69 Å². The van der Waals surface area contributed by atoms with Crippen LogP contribution in [-0.2, 0) is 0 Å². The molecular formula is C21H17NO6. The molecule has 0 radical (unpaired) electrons. The molecule has 3 aromatic carbocycles. The average molecular weight is 379 g/mol. The van der Waals surface area contributed by atoms with Crippen LogP contribution < -0.4 is 14.2 Å². The summed E-state index contributed by atoms with van der Waals surface area (Å²) in [5.74, 6) is 0.902. The molecule has 0 bridgehead atoms. The molecule has 0 heterocycles. The van der Waals surface area contributed by atoms with Crippen molar-refractivity contribution in [2.24, 2.45) is 0 Å². The summed E-state index contributed by atoms with van der Waals surface area (Å²) in [5.41, 5.74) is 0.229. The molecule has 0 aromatic heterocycles. The molecule has 0 amide bonds. The lowest BCUT2D eigenvalue weighted by molar-refractivity contribution is -0.384. The molecule has 3 aromatic rings. The second-order valence-electron chi connectivity index (χ2n) is 5.68. The van der Waals surface area contributed by atoms with Crippen molar-refractivity contribution in [2.45, 2.75) is 0 Å². The van der Waals surface area contributed by atoms with Crippen LogP contribution in [0.15, 0.2) is 78.9 Å². The first-order valence-corrected chi connectivity index (χ1v) is 8.49. The number of ether oxygens (including phenoxy) is 3. The predicted molar refractivity (Wildman–Crippen MR) is 102 cm³/mol. The van der Waals surface area contributed by atoms with E-state index in [2.05, 4.69) is 0 Å². The Morgan fingerprint density at radius 1 is 0.786 bits per heavy atom. The zero-order valence-electron chi connectivity index (χ0n) is 14.8. The second kappa shape index (κ2) is 9.18. The van der Waals surface area contributed by atoms with E-state index in [9.17, 15) is 14.9 Å². The molecule has 0 saturated carbocycles. The number of carbonyl (C=O) groups excluding carboxylic acids is 1. The van der Waals surface area contributed by atoms with Crippen molar-refractivity contribution in [1.29, 1.82) is 0 Å². The topological polar surface area (TPSA) is 87.9 Å². The van der Waals surface area contributed by atoms with Crippen LogP contribution >= 0.6 is 0 Å². The third kappa shape index (κ3) is 5.31. The maximum atomic E-state index is 12.3. The summed E-state index contributed by atoms with van der Waals surface area (Å²) in [6.07, 6.45) is 0. The van der Waals surface area contributed by atoms with Crippen molar-refractivity contribution < 1.29 is 23.9 Å². The highest BCUT2D eigenvalue weighted by Crippen LogP contribution is 2.20. The van der Waals surface area contributed by atoms with Gasteiger partial charge in [-0.05, 0) is 42.5 Å². The number of non-ortho nitro benzene ring substituents is 1. The van der Waals surface area contributed by atoms with E-state index >= 15 is 0 Å². The van der Waals surface area contributed by atoms with Gasteiger partial charge in [-0.25, -0.2) is 4.79 Å². The number of carbonyl (C=O) groups is 1. The summed E-state index contributed by atoms with van der Waals surface area (Å²) in [7, 11) is 0. The Hall–Kier alpha value is -3.87. The van der Waals surface area contributed by atoms with E-state index < -0.39 is 10.9 Å². The van der Waals surface area contributed by atoms with Gasteiger partial charge in [-0.15, -0.1) is 0 Å². The lowest BCUT2D eigenvalue weighted by Crippen LogP contribution is -2.11. The minimum absolute atomic E-state index is 0.0760. The van der Waals surface area contributed by atoms with Gasteiger partial charge < -0.3 is 14.2 Å². The van der Waals surface area contributed by atoms with E-state index in [-0.39, 0.29) is 11.4 Å². The smallest absolute Gasteiger partial charge is 0.343 e. The molecule has 0 spiro atoms. The number of para-hydroxylation sites is 1. The molecule has 3 rings (SSSR count). The van der Waals surface area contributed by atoms with Crippen LogP contribution in [0.4, 0.5) is 5.69 Å². The zero-order valence-corrected chi connectivity index (χ0v) is 14.8. The molecule has 28 heavy (non-hydrogen) atoms. The molecular weight excluding hydrogens is 362 g/mol. The Balaban J connectivity index is 1.53. The zero-order chi connectivity index (χ0) is 19.8. The summed E-state index contributed by atoms with van der Waals surface area (Å²) in [6.45, 7) is 0.678. The first-order valence-electron chi connectivity index (χ1n) is 8.49. The van der Waals surface area contributed by atoms with Gasteiger partial charge in [0, 0.05) is 12.1 Å². The third-order valence-corrected chi connectivity index (χ3v) is 3.69. The van der Waals surface area contributed by atoms with Crippen LogP contribution in [0.3, 0.4) is 0 Å². The Morgan fingerprint density at radius 2 is 1.43 bits per heavy atom. The maximum absolute atomic E-state index is 12.3. The monoisotopic (exact) mass is 379 g/mol. The quantitative estimate of drug-likeness (QED) is 0.191. The molecule has 0 N–H and O–H groups in total. The van der Waals surface area contributed by atoms with Crippen molar-refractivity contribution in [1.82, 2.24) is 0 Å². The van der Waals surface area contributed by atoms with Gasteiger partial charge in [0.05, 0.1) is 10.5 Å². The Labute approximate surface area is 161 Å². The first kappa shape index (κ1) is 18.9. The fourth-order valence-electron chi connectivity index (χ4n) is 2.35. The highest BCUT2D eigenvalue weighted by molar-refractivity contribution is 5.91. The number of hydrogen-bond donors (Lipinski definition) is 0. The molecule has 0 atom stereocenters. The van der Waals surface area contributed by atoms with E-state index in [1.165, 1.54) is 24.3 Å². The van der Waals surface area contributed by atoms with Crippen molar-refractivity contribution >= 4 is 11.7 Å². The molecule has 0 aliphatic carbocycles.